The molecule has 0 N–H and O–H groups in total. The normalized spacial score (nSPS) is 21.4. The SMILES string of the molecule is CCN1CCCCC1Oc1ccc(CCl)cc1. The topological polar surface area (TPSA) is 12.5 Å². The van der Waals surface area contributed by atoms with Gasteiger partial charge in [-0.2, -0.15) is 0 Å². The van der Waals surface area contributed by atoms with Gasteiger partial charge in [0.1, 0.15) is 5.75 Å². The van der Waals surface area contributed by atoms with Crippen LogP contribution in [0.25, 0.3) is 0 Å². The van der Waals surface area contributed by atoms with Crippen LogP contribution in [0.4, 0.5) is 0 Å². The van der Waals surface area contributed by atoms with E-state index in [0.29, 0.717) is 5.88 Å². The van der Waals surface area contributed by atoms with E-state index >= 15 is 0 Å². The zero-order chi connectivity index (χ0) is 12.1. The molecule has 3 heteroatoms. The van der Waals surface area contributed by atoms with Gasteiger partial charge in [-0.05, 0) is 43.5 Å². The van der Waals surface area contributed by atoms with Gasteiger partial charge in [-0.15, -0.1) is 11.6 Å². The first-order chi connectivity index (χ1) is 8.33. The summed E-state index contributed by atoms with van der Waals surface area (Å²) in [5, 5.41) is 0. The largest absolute Gasteiger partial charge is 0.475 e. The number of alkyl halides is 1. The van der Waals surface area contributed by atoms with E-state index in [1.807, 2.05) is 24.3 Å². The van der Waals surface area contributed by atoms with Crippen molar-refractivity contribution in [1.29, 1.82) is 0 Å². The van der Waals surface area contributed by atoms with E-state index in [4.69, 9.17) is 16.3 Å². The Labute approximate surface area is 109 Å². The summed E-state index contributed by atoms with van der Waals surface area (Å²) in [5.41, 5.74) is 1.13. The van der Waals surface area contributed by atoms with Crippen molar-refractivity contribution in [2.75, 3.05) is 13.1 Å². The highest BCUT2D eigenvalue weighted by molar-refractivity contribution is 6.17. The first kappa shape index (κ1) is 12.7. The third kappa shape index (κ3) is 3.36. The van der Waals surface area contributed by atoms with Gasteiger partial charge in [-0.1, -0.05) is 19.1 Å². The number of likely N-dealkylation sites (tertiary alicyclic amines) is 1. The second-order valence-electron chi connectivity index (χ2n) is 4.47. The Morgan fingerprint density at radius 3 is 2.71 bits per heavy atom. The molecule has 1 aliphatic heterocycles. The van der Waals surface area contributed by atoms with Gasteiger partial charge in [-0.3, -0.25) is 4.90 Å². The maximum Gasteiger partial charge on any atom is 0.152 e. The lowest BCUT2D eigenvalue weighted by atomic mass is 10.1. The highest BCUT2D eigenvalue weighted by Crippen LogP contribution is 2.22. The van der Waals surface area contributed by atoms with Gasteiger partial charge in [0.2, 0.25) is 0 Å². The van der Waals surface area contributed by atoms with Gasteiger partial charge >= 0.3 is 0 Å². The maximum absolute atomic E-state index is 6.04. The molecule has 1 aliphatic rings. The van der Waals surface area contributed by atoms with Crippen LogP contribution in [0.1, 0.15) is 31.7 Å². The van der Waals surface area contributed by atoms with Crippen LogP contribution < -0.4 is 4.74 Å². The molecule has 0 amide bonds. The molecule has 94 valence electrons. The lowest BCUT2D eigenvalue weighted by Gasteiger charge is -2.34. The number of rotatable bonds is 4. The summed E-state index contributed by atoms with van der Waals surface area (Å²) in [6.45, 7) is 4.41. The van der Waals surface area contributed by atoms with Crippen molar-refractivity contribution in [3.63, 3.8) is 0 Å². The molecule has 0 radical (unpaired) electrons. The number of halogens is 1. The van der Waals surface area contributed by atoms with Crippen LogP contribution in [-0.4, -0.2) is 24.2 Å². The van der Waals surface area contributed by atoms with Crippen molar-refractivity contribution < 1.29 is 4.74 Å². The molecule has 0 spiro atoms. The average molecular weight is 254 g/mol. The minimum atomic E-state index is 0.246. The van der Waals surface area contributed by atoms with Crippen molar-refractivity contribution in [3.05, 3.63) is 29.8 Å². The van der Waals surface area contributed by atoms with Crippen molar-refractivity contribution >= 4 is 11.6 Å². The third-order valence-electron chi connectivity index (χ3n) is 3.31. The van der Waals surface area contributed by atoms with Crippen LogP contribution in [0.5, 0.6) is 5.75 Å². The zero-order valence-electron chi connectivity index (χ0n) is 10.4. The van der Waals surface area contributed by atoms with Crippen molar-refractivity contribution in [2.24, 2.45) is 0 Å². The Bertz CT molecular complexity index is 339. The van der Waals surface area contributed by atoms with Crippen molar-refractivity contribution in [3.8, 4) is 5.75 Å². The number of piperidine rings is 1. The molecule has 0 saturated carbocycles. The second-order valence-corrected chi connectivity index (χ2v) is 4.74. The smallest absolute Gasteiger partial charge is 0.152 e. The number of nitrogens with zero attached hydrogens (tertiary/aromatic N) is 1. The number of hydrogen-bond donors (Lipinski definition) is 0. The molecule has 17 heavy (non-hydrogen) atoms. The molecule has 1 atom stereocenters. The molecule has 2 rings (SSSR count). The second kappa shape index (κ2) is 6.27. The Hall–Kier alpha value is -0.730. The number of benzene rings is 1. The standard InChI is InChI=1S/C14H20ClNO/c1-2-16-10-4-3-5-14(16)17-13-8-6-12(11-15)7-9-13/h6-9,14H,2-5,10-11H2,1H3. The Kier molecular flexibility index (Phi) is 4.69. The van der Waals surface area contributed by atoms with E-state index in [0.717, 1.165) is 30.8 Å². The minimum absolute atomic E-state index is 0.246. The molecule has 1 unspecified atom stereocenters. The van der Waals surface area contributed by atoms with Gasteiger partial charge in [0.25, 0.3) is 0 Å². The fraction of sp³-hybridized carbons (Fsp3) is 0.571. The van der Waals surface area contributed by atoms with Gasteiger partial charge < -0.3 is 4.74 Å². The van der Waals surface area contributed by atoms with E-state index in [2.05, 4.69) is 11.8 Å². The Morgan fingerprint density at radius 2 is 2.06 bits per heavy atom. The fourth-order valence-electron chi connectivity index (χ4n) is 2.27. The van der Waals surface area contributed by atoms with E-state index in [1.165, 1.54) is 12.8 Å². The predicted octanol–water partition coefficient (Wildman–Crippen LogP) is 3.64. The molecule has 0 aliphatic carbocycles. The lowest BCUT2D eigenvalue weighted by molar-refractivity contribution is -0.0000789. The van der Waals surface area contributed by atoms with Crippen molar-refractivity contribution in [2.45, 2.75) is 38.3 Å². The molecule has 1 heterocycles. The highest BCUT2D eigenvalue weighted by atomic mass is 35.5. The number of hydrogen-bond acceptors (Lipinski definition) is 2. The summed E-state index contributed by atoms with van der Waals surface area (Å²) >= 11 is 5.77. The lowest BCUT2D eigenvalue weighted by Crippen LogP contribution is -2.42. The van der Waals surface area contributed by atoms with Crippen LogP contribution in [0.15, 0.2) is 24.3 Å². The van der Waals surface area contributed by atoms with E-state index < -0.39 is 0 Å². The highest BCUT2D eigenvalue weighted by Gasteiger charge is 2.22. The van der Waals surface area contributed by atoms with E-state index in [1.54, 1.807) is 0 Å². The molecule has 1 saturated heterocycles. The molecule has 1 aromatic rings. The summed E-state index contributed by atoms with van der Waals surface area (Å²) in [7, 11) is 0. The third-order valence-corrected chi connectivity index (χ3v) is 3.62. The van der Waals surface area contributed by atoms with Crippen LogP contribution in [-0.2, 0) is 5.88 Å². The van der Waals surface area contributed by atoms with E-state index in [9.17, 15) is 0 Å². The molecular weight excluding hydrogens is 234 g/mol. The summed E-state index contributed by atoms with van der Waals surface area (Å²) in [6, 6.07) is 8.09. The van der Waals surface area contributed by atoms with Crippen molar-refractivity contribution in [1.82, 2.24) is 4.90 Å². The van der Waals surface area contributed by atoms with E-state index in [-0.39, 0.29) is 6.23 Å². The predicted molar refractivity (Wildman–Crippen MR) is 71.5 cm³/mol. The van der Waals surface area contributed by atoms with Gasteiger partial charge in [-0.25, -0.2) is 0 Å². The number of ether oxygens (including phenoxy) is 1. The summed E-state index contributed by atoms with van der Waals surface area (Å²) in [4.78, 5) is 2.40. The molecule has 1 aromatic carbocycles. The van der Waals surface area contributed by atoms with Gasteiger partial charge in [0.15, 0.2) is 6.23 Å². The zero-order valence-corrected chi connectivity index (χ0v) is 11.1. The first-order valence-electron chi connectivity index (χ1n) is 6.39. The van der Waals surface area contributed by atoms with Crippen LogP contribution in [0, 0.1) is 0 Å². The Balaban J connectivity index is 1.98. The van der Waals surface area contributed by atoms with Gasteiger partial charge in [0.05, 0.1) is 0 Å². The molecular formula is C14H20ClNO. The quantitative estimate of drug-likeness (QED) is 0.760. The molecule has 1 fully saturated rings. The van der Waals surface area contributed by atoms with Crippen LogP contribution >= 0.6 is 11.6 Å². The summed E-state index contributed by atoms with van der Waals surface area (Å²) in [6.07, 6.45) is 3.93. The molecule has 0 aromatic heterocycles. The monoisotopic (exact) mass is 253 g/mol. The summed E-state index contributed by atoms with van der Waals surface area (Å²) in [5.74, 6) is 1.51. The first-order valence-corrected chi connectivity index (χ1v) is 6.92. The fourth-order valence-corrected chi connectivity index (χ4v) is 2.45. The average Bonchev–Trinajstić information content (AvgIpc) is 2.40. The van der Waals surface area contributed by atoms with Crippen LogP contribution in [0.3, 0.4) is 0 Å². The minimum Gasteiger partial charge on any atom is -0.475 e. The molecule has 0 bridgehead atoms. The summed E-state index contributed by atoms with van der Waals surface area (Å²) < 4.78 is 6.04. The maximum atomic E-state index is 6.04. The molecule has 2 nitrogen and oxygen atoms in total. The van der Waals surface area contributed by atoms with Gasteiger partial charge in [0, 0.05) is 12.4 Å². The van der Waals surface area contributed by atoms with Crippen LogP contribution in [0.2, 0.25) is 0 Å². The Morgan fingerprint density at radius 1 is 1.29 bits per heavy atom.